The van der Waals surface area contributed by atoms with Crippen LogP contribution >= 0.6 is 15.9 Å². The Morgan fingerprint density at radius 3 is 2.42 bits per heavy atom. The highest BCUT2D eigenvalue weighted by Gasteiger charge is 2.45. The zero-order valence-corrected chi connectivity index (χ0v) is 15.5. The van der Waals surface area contributed by atoms with Gasteiger partial charge in [-0.25, -0.2) is 0 Å². The van der Waals surface area contributed by atoms with Gasteiger partial charge in [0.25, 0.3) is 11.6 Å². The number of benzene rings is 2. The molecule has 8 heteroatoms. The highest BCUT2D eigenvalue weighted by molar-refractivity contribution is 9.10. The number of nitro groups is 1. The minimum absolute atomic E-state index is 0.108. The maximum Gasteiger partial charge on any atom is 0.276 e. The first kappa shape index (κ1) is 18.2. The zero-order chi connectivity index (χ0) is 18.9. The third-order valence-corrected chi connectivity index (χ3v) is 4.80. The van der Waals surface area contributed by atoms with Gasteiger partial charge in [-0.2, -0.15) is 10.1 Å². The molecule has 26 heavy (non-hydrogen) atoms. The number of carbonyl (C=O) groups excluding carboxylic acids is 1. The van der Waals surface area contributed by atoms with Gasteiger partial charge in [0, 0.05) is 39.9 Å². The van der Waals surface area contributed by atoms with E-state index in [0.29, 0.717) is 17.7 Å². The summed E-state index contributed by atoms with van der Waals surface area (Å²) >= 11 is 3.35. The maximum atomic E-state index is 12.9. The van der Waals surface area contributed by atoms with Crippen LogP contribution in [0.3, 0.4) is 0 Å². The molecule has 134 valence electrons. The lowest BCUT2D eigenvalue weighted by Gasteiger charge is -2.31. The van der Waals surface area contributed by atoms with Crippen LogP contribution in [0.25, 0.3) is 0 Å². The van der Waals surface area contributed by atoms with Gasteiger partial charge >= 0.3 is 0 Å². The van der Waals surface area contributed by atoms with Gasteiger partial charge in [0.1, 0.15) is 0 Å². The van der Waals surface area contributed by atoms with Crippen LogP contribution in [0.2, 0.25) is 0 Å². The largest absolute Gasteiger partial charge is 0.365 e. The highest BCUT2D eigenvalue weighted by atomic mass is 79.9. The molecule has 0 radical (unpaired) electrons. The first-order valence-corrected chi connectivity index (χ1v) is 8.78. The third-order valence-electron chi connectivity index (χ3n) is 4.27. The van der Waals surface area contributed by atoms with Crippen molar-refractivity contribution in [2.24, 2.45) is 5.10 Å². The van der Waals surface area contributed by atoms with E-state index in [2.05, 4.69) is 21.0 Å². The lowest BCUT2D eigenvalue weighted by molar-refractivity contribution is -0.384. The second-order valence-electron chi connectivity index (χ2n) is 5.94. The standard InChI is InChI=1S/C18H16BrN3O4/c1-2-15-11-18(24,13-5-7-14(19)8-6-13)21(20-15)17(23)12-3-9-16(10-4-12)22(25)26/h3-10,24H,2,11H2,1H3. The topological polar surface area (TPSA) is 96.0 Å². The van der Waals surface area contributed by atoms with Crippen molar-refractivity contribution in [3.8, 4) is 0 Å². The van der Waals surface area contributed by atoms with Gasteiger partial charge in [-0.3, -0.25) is 14.9 Å². The van der Waals surface area contributed by atoms with Crippen molar-refractivity contribution in [1.82, 2.24) is 5.01 Å². The predicted octanol–water partition coefficient (Wildman–Crippen LogP) is 3.81. The Kier molecular flexibility index (Phi) is 4.88. The number of aliphatic hydroxyl groups is 1. The van der Waals surface area contributed by atoms with E-state index >= 15 is 0 Å². The number of hydrazone groups is 1. The summed E-state index contributed by atoms with van der Waals surface area (Å²) in [6, 6.07) is 12.3. The van der Waals surface area contributed by atoms with E-state index < -0.39 is 16.6 Å². The van der Waals surface area contributed by atoms with Gasteiger partial charge < -0.3 is 5.11 Å². The molecular weight excluding hydrogens is 402 g/mol. The summed E-state index contributed by atoms with van der Waals surface area (Å²) in [6.07, 6.45) is 0.812. The van der Waals surface area contributed by atoms with Crippen molar-refractivity contribution in [2.45, 2.75) is 25.5 Å². The summed E-state index contributed by atoms with van der Waals surface area (Å²) in [5, 5.41) is 27.4. The summed E-state index contributed by atoms with van der Waals surface area (Å²) in [5.41, 5.74) is -0.241. The number of hydrogen-bond donors (Lipinski definition) is 1. The van der Waals surface area contributed by atoms with Crippen molar-refractivity contribution < 1.29 is 14.8 Å². The van der Waals surface area contributed by atoms with Crippen molar-refractivity contribution in [3.63, 3.8) is 0 Å². The average molecular weight is 418 g/mol. The summed E-state index contributed by atoms with van der Waals surface area (Å²) in [4.78, 5) is 23.2. The SMILES string of the molecule is CCC1=NN(C(=O)c2ccc([N+](=O)[O-])cc2)C(O)(c2ccc(Br)cc2)C1. The summed E-state index contributed by atoms with van der Waals surface area (Å²) in [6.45, 7) is 1.90. The molecule has 7 nitrogen and oxygen atoms in total. The van der Waals surface area contributed by atoms with Gasteiger partial charge in [-0.1, -0.05) is 35.0 Å². The minimum atomic E-state index is -1.59. The lowest BCUT2D eigenvalue weighted by atomic mass is 9.96. The van der Waals surface area contributed by atoms with Crippen LogP contribution in [0.5, 0.6) is 0 Å². The van der Waals surface area contributed by atoms with Crippen molar-refractivity contribution in [1.29, 1.82) is 0 Å². The Morgan fingerprint density at radius 2 is 1.88 bits per heavy atom. The Hall–Kier alpha value is -2.58. The number of nitro benzene ring substituents is 1. The molecule has 0 aromatic heterocycles. The van der Waals surface area contributed by atoms with Crippen LogP contribution in [-0.4, -0.2) is 26.7 Å². The summed E-state index contributed by atoms with van der Waals surface area (Å²) < 4.78 is 0.854. The lowest BCUT2D eigenvalue weighted by Crippen LogP contribution is -2.43. The van der Waals surface area contributed by atoms with E-state index in [-0.39, 0.29) is 17.7 Å². The number of halogens is 1. The molecule has 1 amide bonds. The third kappa shape index (κ3) is 3.25. The average Bonchev–Trinajstić information content (AvgIpc) is 2.99. The van der Waals surface area contributed by atoms with E-state index in [1.807, 2.05) is 6.92 Å². The Morgan fingerprint density at radius 1 is 1.27 bits per heavy atom. The van der Waals surface area contributed by atoms with E-state index in [1.165, 1.54) is 24.3 Å². The molecule has 1 aliphatic rings. The molecule has 3 rings (SSSR count). The first-order chi connectivity index (χ1) is 12.3. The molecule has 1 atom stereocenters. The number of nitrogens with zero attached hydrogens (tertiary/aromatic N) is 3. The van der Waals surface area contributed by atoms with Crippen molar-refractivity contribution in [3.05, 3.63) is 74.2 Å². The fourth-order valence-electron chi connectivity index (χ4n) is 2.82. The van der Waals surface area contributed by atoms with E-state index in [1.54, 1.807) is 24.3 Å². The molecule has 1 heterocycles. The van der Waals surface area contributed by atoms with Gasteiger partial charge in [0.15, 0.2) is 5.72 Å². The Labute approximate surface area is 158 Å². The van der Waals surface area contributed by atoms with Crippen molar-refractivity contribution >= 4 is 33.2 Å². The van der Waals surface area contributed by atoms with E-state index in [0.717, 1.165) is 9.48 Å². The Balaban J connectivity index is 1.98. The zero-order valence-electron chi connectivity index (χ0n) is 13.9. The summed E-state index contributed by atoms with van der Waals surface area (Å²) in [7, 11) is 0. The maximum absolute atomic E-state index is 12.9. The molecular formula is C18H16BrN3O4. The number of rotatable bonds is 4. The number of amides is 1. The number of carbonyl (C=O) groups is 1. The molecule has 2 aromatic rings. The number of hydrogen-bond acceptors (Lipinski definition) is 5. The molecule has 2 aromatic carbocycles. The summed E-state index contributed by atoms with van der Waals surface area (Å²) in [5.74, 6) is -0.520. The second-order valence-corrected chi connectivity index (χ2v) is 6.86. The predicted molar refractivity (Wildman–Crippen MR) is 99.6 cm³/mol. The number of non-ortho nitro benzene ring substituents is 1. The van der Waals surface area contributed by atoms with Gasteiger partial charge in [-0.15, -0.1) is 0 Å². The van der Waals surface area contributed by atoms with Crippen LogP contribution in [0.1, 0.15) is 35.7 Å². The molecule has 0 aliphatic carbocycles. The van der Waals surface area contributed by atoms with Crippen LogP contribution in [0.4, 0.5) is 5.69 Å². The van der Waals surface area contributed by atoms with Gasteiger partial charge in [0.05, 0.1) is 4.92 Å². The quantitative estimate of drug-likeness (QED) is 0.603. The fraction of sp³-hybridized carbons (Fsp3) is 0.222. The molecule has 0 fully saturated rings. The minimum Gasteiger partial charge on any atom is -0.365 e. The first-order valence-electron chi connectivity index (χ1n) is 7.99. The molecule has 0 saturated carbocycles. The second kappa shape index (κ2) is 6.97. The normalized spacial score (nSPS) is 19.3. The van der Waals surface area contributed by atoms with Crippen LogP contribution in [-0.2, 0) is 5.72 Å². The fourth-order valence-corrected chi connectivity index (χ4v) is 3.08. The molecule has 1 N–H and O–H groups in total. The van der Waals surface area contributed by atoms with E-state index in [4.69, 9.17) is 0 Å². The Bertz CT molecular complexity index is 880. The van der Waals surface area contributed by atoms with Crippen LogP contribution < -0.4 is 0 Å². The van der Waals surface area contributed by atoms with E-state index in [9.17, 15) is 20.0 Å². The molecule has 1 unspecified atom stereocenters. The smallest absolute Gasteiger partial charge is 0.276 e. The monoisotopic (exact) mass is 417 g/mol. The molecule has 1 aliphatic heterocycles. The molecule has 0 bridgehead atoms. The van der Waals surface area contributed by atoms with Crippen LogP contribution in [0, 0.1) is 10.1 Å². The van der Waals surface area contributed by atoms with Gasteiger partial charge in [-0.05, 0) is 30.7 Å². The highest BCUT2D eigenvalue weighted by Crippen LogP contribution is 2.37. The molecule has 0 spiro atoms. The van der Waals surface area contributed by atoms with Gasteiger partial charge in [0.2, 0.25) is 0 Å². The van der Waals surface area contributed by atoms with Crippen molar-refractivity contribution in [2.75, 3.05) is 0 Å². The van der Waals surface area contributed by atoms with Crippen LogP contribution in [0.15, 0.2) is 58.1 Å². The molecule has 0 saturated heterocycles.